The molecular formula is C21H20F3NO4. The first-order valence-corrected chi connectivity index (χ1v) is 8.76. The zero-order valence-electron chi connectivity index (χ0n) is 15.7. The van der Waals surface area contributed by atoms with E-state index in [-0.39, 0.29) is 18.8 Å². The lowest BCUT2D eigenvalue weighted by atomic mass is 10.1. The van der Waals surface area contributed by atoms with Crippen LogP contribution in [0.4, 0.5) is 18.9 Å². The number of carbonyl (C=O) groups excluding carboxylic acids is 2. The lowest BCUT2D eigenvalue weighted by Gasteiger charge is -2.15. The van der Waals surface area contributed by atoms with Crippen molar-refractivity contribution in [3.05, 3.63) is 66.7 Å². The highest BCUT2D eigenvalue weighted by atomic mass is 19.4. The van der Waals surface area contributed by atoms with Crippen LogP contribution in [0.5, 0.6) is 11.5 Å². The molecule has 0 fully saturated rings. The summed E-state index contributed by atoms with van der Waals surface area (Å²) in [5.41, 5.74) is -0.358. The zero-order valence-corrected chi connectivity index (χ0v) is 15.7. The van der Waals surface area contributed by atoms with Gasteiger partial charge in [0.15, 0.2) is 11.9 Å². The molecule has 0 aliphatic rings. The highest BCUT2D eigenvalue weighted by molar-refractivity contribution is 6.10. The average Bonchev–Trinajstić information content (AvgIpc) is 2.67. The second-order valence-electron chi connectivity index (χ2n) is 5.93. The molecule has 154 valence electrons. The average molecular weight is 407 g/mol. The Morgan fingerprint density at radius 1 is 1.07 bits per heavy atom. The molecule has 2 aromatic carbocycles. The Hall–Kier alpha value is -3.13. The number of hydrogen-bond acceptors (Lipinski definition) is 4. The molecule has 2 aromatic rings. The Labute approximate surface area is 166 Å². The molecule has 2 rings (SSSR count). The van der Waals surface area contributed by atoms with Crippen molar-refractivity contribution in [1.29, 1.82) is 0 Å². The lowest BCUT2D eigenvalue weighted by molar-refractivity contribution is -0.140. The molecule has 0 aliphatic heterocycles. The van der Waals surface area contributed by atoms with E-state index in [1.807, 2.05) is 0 Å². The second kappa shape index (κ2) is 9.88. The largest absolute Gasteiger partial charge is 0.457 e. The third kappa shape index (κ3) is 6.46. The van der Waals surface area contributed by atoms with Gasteiger partial charge in [-0.3, -0.25) is 9.59 Å². The van der Waals surface area contributed by atoms with Gasteiger partial charge >= 0.3 is 6.18 Å². The fourth-order valence-electron chi connectivity index (χ4n) is 2.39. The number of carbonyl (C=O) groups is 2. The van der Waals surface area contributed by atoms with Gasteiger partial charge in [0, 0.05) is 18.7 Å². The normalized spacial score (nSPS) is 12.1. The summed E-state index contributed by atoms with van der Waals surface area (Å²) in [5.74, 6) is -0.398. The van der Waals surface area contributed by atoms with Crippen molar-refractivity contribution in [2.45, 2.75) is 25.6 Å². The van der Waals surface area contributed by atoms with Crippen molar-refractivity contribution in [3.8, 4) is 11.5 Å². The Morgan fingerprint density at radius 3 is 2.10 bits per heavy atom. The number of allylic oxidation sites excluding steroid dienone is 1. The predicted octanol–water partition coefficient (Wildman–Crippen LogP) is 4.99. The number of Topliss-reactive ketones (excluding diaryl/α,β-unsaturated/α-hetero) is 1. The number of benzene rings is 2. The summed E-state index contributed by atoms with van der Waals surface area (Å²) < 4.78 is 48.5. The monoisotopic (exact) mass is 407 g/mol. The van der Waals surface area contributed by atoms with Gasteiger partial charge in [-0.05, 0) is 55.5 Å². The SMILES string of the molecule is C=CCC(=O)C(OCC)C(=O)Nc1ccc(Oc2ccc(C(F)(F)F)cc2)cc1. The van der Waals surface area contributed by atoms with E-state index in [0.29, 0.717) is 11.4 Å². The molecule has 5 nitrogen and oxygen atoms in total. The minimum Gasteiger partial charge on any atom is -0.457 e. The maximum Gasteiger partial charge on any atom is 0.416 e. The predicted molar refractivity (Wildman–Crippen MR) is 102 cm³/mol. The van der Waals surface area contributed by atoms with Gasteiger partial charge < -0.3 is 14.8 Å². The van der Waals surface area contributed by atoms with E-state index < -0.39 is 29.5 Å². The molecule has 0 saturated heterocycles. The molecule has 1 N–H and O–H groups in total. The maximum atomic E-state index is 12.6. The minimum absolute atomic E-state index is 0.0119. The van der Waals surface area contributed by atoms with E-state index in [4.69, 9.17) is 9.47 Å². The molecule has 0 spiro atoms. The van der Waals surface area contributed by atoms with Gasteiger partial charge in [-0.15, -0.1) is 6.58 Å². The molecule has 29 heavy (non-hydrogen) atoms. The van der Waals surface area contributed by atoms with Crippen molar-refractivity contribution >= 4 is 17.4 Å². The van der Waals surface area contributed by atoms with Gasteiger partial charge in [0.2, 0.25) is 0 Å². The smallest absolute Gasteiger partial charge is 0.416 e. The van der Waals surface area contributed by atoms with Crippen LogP contribution in [0.2, 0.25) is 0 Å². The Kier molecular flexibility index (Phi) is 7.55. The zero-order chi connectivity index (χ0) is 21.4. The van der Waals surface area contributed by atoms with Gasteiger partial charge in [-0.2, -0.15) is 13.2 Å². The summed E-state index contributed by atoms with van der Waals surface area (Å²) in [6, 6.07) is 10.4. The molecule has 0 aromatic heterocycles. The Bertz CT molecular complexity index is 846. The summed E-state index contributed by atoms with van der Waals surface area (Å²) in [7, 11) is 0. The number of nitrogens with one attached hydrogen (secondary N) is 1. The Balaban J connectivity index is 2.01. The third-order valence-corrected chi connectivity index (χ3v) is 3.75. The second-order valence-corrected chi connectivity index (χ2v) is 5.93. The molecule has 1 amide bonds. The van der Waals surface area contributed by atoms with Crippen LogP contribution in [0.3, 0.4) is 0 Å². The standard InChI is InChI=1S/C21H20F3NO4/c1-3-5-18(26)19(28-4-2)20(27)25-15-8-12-17(13-9-15)29-16-10-6-14(7-11-16)21(22,23)24/h3,6-13,19H,1,4-5H2,2H3,(H,25,27). The van der Waals surface area contributed by atoms with Gasteiger partial charge in [-0.25, -0.2) is 0 Å². The fraction of sp³-hybridized carbons (Fsp3) is 0.238. The molecule has 1 unspecified atom stereocenters. The van der Waals surface area contributed by atoms with E-state index in [1.165, 1.54) is 42.5 Å². The molecule has 0 aliphatic carbocycles. The van der Waals surface area contributed by atoms with Crippen LogP contribution in [0.1, 0.15) is 18.9 Å². The summed E-state index contributed by atoms with van der Waals surface area (Å²) in [6.07, 6.45) is -4.24. The van der Waals surface area contributed by atoms with Crippen molar-refractivity contribution in [1.82, 2.24) is 0 Å². The van der Waals surface area contributed by atoms with Crippen LogP contribution >= 0.6 is 0 Å². The van der Waals surface area contributed by atoms with Gasteiger partial charge in [0.05, 0.1) is 5.56 Å². The maximum absolute atomic E-state index is 12.6. The number of ether oxygens (including phenoxy) is 2. The Morgan fingerprint density at radius 2 is 1.62 bits per heavy atom. The van der Waals surface area contributed by atoms with Crippen LogP contribution in [0.15, 0.2) is 61.2 Å². The number of anilines is 1. The molecule has 0 heterocycles. The van der Waals surface area contributed by atoms with Crippen molar-refractivity contribution < 1.29 is 32.2 Å². The molecule has 8 heteroatoms. The molecule has 0 saturated carbocycles. The van der Waals surface area contributed by atoms with Crippen LogP contribution in [-0.4, -0.2) is 24.4 Å². The van der Waals surface area contributed by atoms with Crippen LogP contribution < -0.4 is 10.1 Å². The first-order valence-electron chi connectivity index (χ1n) is 8.76. The van der Waals surface area contributed by atoms with E-state index in [0.717, 1.165) is 12.1 Å². The van der Waals surface area contributed by atoms with E-state index in [2.05, 4.69) is 11.9 Å². The number of ketones is 1. The minimum atomic E-state index is -4.41. The summed E-state index contributed by atoms with van der Waals surface area (Å²) in [6.45, 7) is 5.34. The number of hydrogen-bond donors (Lipinski definition) is 1. The van der Waals surface area contributed by atoms with Gasteiger partial charge in [0.1, 0.15) is 11.5 Å². The first-order chi connectivity index (χ1) is 13.7. The van der Waals surface area contributed by atoms with Crippen molar-refractivity contribution in [2.24, 2.45) is 0 Å². The van der Waals surface area contributed by atoms with Crippen LogP contribution in [-0.2, 0) is 20.5 Å². The van der Waals surface area contributed by atoms with Crippen molar-refractivity contribution in [3.63, 3.8) is 0 Å². The van der Waals surface area contributed by atoms with Gasteiger partial charge in [0.25, 0.3) is 5.91 Å². The van der Waals surface area contributed by atoms with Crippen LogP contribution in [0, 0.1) is 0 Å². The van der Waals surface area contributed by atoms with Gasteiger partial charge in [-0.1, -0.05) is 6.08 Å². The molecular weight excluding hydrogens is 387 g/mol. The summed E-state index contributed by atoms with van der Waals surface area (Å²) in [5, 5.41) is 2.58. The highest BCUT2D eigenvalue weighted by Crippen LogP contribution is 2.31. The first kappa shape index (κ1) is 22.2. The van der Waals surface area contributed by atoms with E-state index >= 15 is 0 Å². The number of alkyl halides is 3. The number of amides is 1. The van der Waals surface area contributed by atoms with E-state index in [9.17, 15) is 22.8 Å². The molecule has 1 atom stereocenters. The quantitative estimate of drug-likeness (QED) is 0.470. The van der Waals surface area contributed by atoms with Crippen LogP contribution in [0.25, 0.3) is 0 Å². The lowest BCUT2D eigenvalue weighted by Crippen LogP contribution is -2.37. The number of halogens is 3. The van der Waals surface area contributed by atoms with Crippen molar-refractivity contribution in [2.75, 3.05) is 11.9 Å². The molecule has 0 bridgehead atoms. The highest BCUT2D eigenvalue weighted by Gasteiger charge is 2.30. The summed E-state index contributed by atoms with van der Waals surface area (Å²) in [4.78, 5) is 24.3. The number of rotatable bonds is 9. The topological polar surface area (TPSA) is 64.6 Å². The summed E-state index contributed by atoms with van der Waals surface area (Å²) >= 11 is 0. The van der Waals surface area contributed by atoms with E-state index in [1.54, 1.807) is 6.92 Å². The fourth-order valence-corrected chi connectivity index (χ4v) is 2.39. The third-order valence-electron chi connectivity index (χ3n) is 3.75. The molecule has 0 radical (unpaired) electrons.